The highest BCUT2D eigenvalue weighted by molar-refractivity contribution is 7.91. The Balaban J connectivity index is 2.52. The maximum Gasteiger partial charge on any atom is 0.244 e. The predicted molar refractivity (Wildman–Crippen MR) is 72.3 cm³/mol. The van der Waals surface area contributed by atoms with E-state index in [1.165, 1.54) is 4.90 Å². The zero-order valence-electron chi connectivity index (χ0n) is 11.7. The molecule has 0 saturated carbocycles. The van der Waals surface area contributed by atoms with E-state index in [9.17, 15) is 18.0 Å². The van der Waals surface area contributed by atoms with Gasteiger partial charge in [0.15, 0.2) is 9.84 Å². The molecule has 2 unspecified atom stereocenters. The topological polar surface area (TPSA) is 83.6 Å². The summed E-state index contributed by atoms with van der Waals surface area (Å²) in [5, 5.41) is 2.67. The molecule has 7 heteroatoms. The van der Waals surface area contributed by atoms with Crippen LogP contribution in [-0.2, 0) is 19.4 Å². The van der Waals surface area contributed by atoms with Gasteiger partial charge >= 0.3 is 0 Å². The molecule has 1 aliphatic rings. The van der Waals surface area contributed by atoms with Crippen molar-refractivity contribution in [2.75, 3.05) is 24.6 Å². The van der Waals surface area contributed by atoms with Crippen LogP contribution in [-0.4, -0.2) is 55.8 Å². The van der Waals surface area contributed by atoms with Crippen LogP contribution in [0.3, 0.4) is 0 Å². The van der Waals surface area contributed by atoms with Gasteiger partial charge in [0.2, 0.25) is 11.8 Å². The summed E-state index contributed by atoms with van der Waals surface area (Å²) in [6.45, 7) is 5.77. The van der Waals surface area contributed by atoms with Crippen LogP contribution in [0.4, 0.5) is 0 Å². The van der Waals surface area contributed by atoms with E-state index in [2.05, 4.69) is 5.32 Å². The van der Waals surface area contributed by atoms with Crippen molar-refractivity contribution >= 4 is 21.7 Å². The average molecular weight is 290 g/mol. The number of carbonyl (C=O) groups is 2. The summed E-state index contributed by atoms with van der Waals surface area (Å²) in [6, 6.07) is -0.609. The third kappa shape index (κ3) is 4.49. The largest absolute Gasteiger partial charge is 0.344 e. The lowest BCUT2D eigenvalue weighted by Gasteiger charge is -2.29. The van der Waals surface area contributed by atoms with Crippen LogP contribution in [0, 0.1) is 5.92 Å². The summed E-state index contributed by atoms with van der Waals surface area (Å²) >= 11 is 0. The second kappa shape index (κ2) is 6.36. The minimum Gasteiger partial charge on any atom is -0.344 e. The van der Waals surface area contributed by atoms with Gasteiger partial charge in [-0.2, -0.15) is 0 Å². The number of nitrogens with zero attached hydrogens (tertiary/aromatic N) is 1. The maximum absolute atomic E-state index is 12.1. The van der Waals surface area contributed by atoms with E-state index in [0.29, 0.717) is 6.42 Å². The number of nitrogens with one attached hydrogen (secondary N) is 1. The van der Waals surface area contributed by atoms with Gasteiger partial charge in [-0.1, -0.05) is 13.8 Å². The van der Waals surface area contributed by atoms with Crippen LogP contribution in [0.2, 0.25) is 0 Å². The molecule has 0 aromatic carbocycles. The van der Waals surface area contributed by atoms with E-state index < -0.39 is 15.9 Å². The van der Waals surface area contributed by atoms with Crippen LogP contribution in [0.1, 0.15) is 27.2 Å². The minimum absolute atomic E-state index is 0.00473. The van der Waals surface area contributed by atoms with Gasteiger partial charge in [-0.05, 0) is 13.3 Å². The molecule has 1 saturated heterocycles. The van der Waals surface area contributed by atoms with Gasteiger partial charge in [-0.3, -0.25) is 9.59 Å². The summed E-state index contributed by atoms with van der Waals surface area (Å²) in [4.78, 5) is 25.3. The molecule has 1 rings (SSSR count). The number of sulfone groups is 1. The molecule has 1 fully saturated rings. The molecule has 110 valence electrons. The molecule has 19 heavy (non-hydrogen) atoms. The minimum atomic E-state index is -3.00. The SMILES string of the molecule is CCC(C)C(=O)NC(C)C(=O)N1CCS(=O)(=O)CC1. The van der Waals surface area contributed by atoms with Gasteiger partial charge in [-0.25, -0.2) is 8.42 Å². The van der Waals surface area contributed by atoms with Crippen molar-refractivity contribution in [3.05, 3.63) is 0 Å². The first-order chi connectivity index (χ1) is 8.76. The molecule has 0 aromatic rings. The molecular weight excluding hydrogens is 268 g/mol. The quantitative estimate of drug-likeness (QED) is 0.777. The fourth-order valence-corrected chi connectivity index (χ4v) is 3.01. The smallest absolute Gasteiger partial charge is 0.244 e. The molecule has 0 spiro atoms. The van der Waals surface area contributed by atoms with Gasteiger partial charge in [0.05, 0.1) is 11.5 Å². The number of hydrogen-bond acceptors (Lipinski definition) is 4. The Morgan fingerprint density at radius 1 is 1.21 bits per heavy atom. The van der Waals surface area contributed by atoms with E-state index in [0.717, 1.165) is 0 Å². The summed E-state index contributed by atoms with van der Waals surface area (Å²) < 4.78 is 22.6. The lowest BCUT2D eigenvalue weighted by molar-refractivity contribution is -0.136. The number of rotatable bonds is 4. The monoisotopic (exact) mass is 290 g/mol. The van der Waals surface area contributed by atoms with Crippen molar-refractivity contribution in [3.63, 3.8) is 0 Å². The van der Waals surface area contributed by atoms with Gasteiger partial charge in [0, 0.05) is 19.0 Å². The molecule has 1 N–H and O–H groups in total. The Kier molecular flexibility index (Phi) is 5.34. The normalized spacial score (nSPS) is 21.5. The van der Waals surface area contributed by atoms with E-state index in [1.54, 1.807) is 13.8 Å². The Morgan fingerprint density at radius 2 is 1.74 bits per heavy atom. The first kappa shape index (κ1) is 15.9. The van der Waals surface area contributed by atoms with E-state index in [-0.39, 0.29) is 42.3 Å². The third-order valence-corrected chi connectivity index (χ3v) is 5.05. The highest BCUT2D eigenvalue weighted by Gasteiger charge is 2.28. The van der Waals surface area contributed by atoms with Crippen molar-refractivity contribution in [1.29, 1.82) is 0 Å². The highest BCUT2D eigenvalue weighted by atomic mass is 32.2. The molecule has 1 aliphatic heterocycles. The van der Waals surface area contributed by atoms with Crippen molar-refractivity contribution in [2.24, 2.45) is 5.92 Å². The molecular formula is C12H22N2O4S. The maximum atomic E-state index is 12.1. The fourth-order valence-electron chi connectivity index (χ4n) is 1.81. The summed E-state index contributed by atoms with van der Waals surface area (Å²) in [7, 11) is -3.00. The molecule has 6 nitrogen and oxygen atoms in total. The summed E-state index contributed by atoms with van der Waals surface area (Å²) in [5.41, 5.74) is 0. The summed E-state index contributed by atoms with van der Waals surface area (Å²) in [5.74, 6) is -0.480. The van der Waals surface area contributed by atoms with Crippen LogP contribution in [0.25, 0.3) is 0 Å². The number of carbonyl (C=O) groups excluding carboxylic acids is 2. The predicted octanol–water partition coefficient (Wildman–Crippen LogP) is -0.206. The Labute approximate surface area is 114 Å². The lowest BCUT2D eigenvalue weighted by atomic mass is 10.1. The number of hydrogen-bond donors (Lipinski definition) is 1. The van der Waals surface area contributed by atoms with Crippen LogP contribution < -0.4 is 5.32 Å². The van der Waals surface area contributed by atoms with Gasteiger partial charge in [-0.15, -0.1) is 0 Å². The Bertz CT molecular complexity index is 433. The first-order valence-electron chi connectivity index (χ1n) is 6.56. The highest BCUT2D eigenvalue weighted by Crippen LogP contribution is 2.07. The summed E-state index contributed by atoms with van der Waals surface area (Å²) in [6.07, 6.45) is 0.717. The van der Waals surface area contributed by atoms with Crippen molar-refractivity contribution < 1.29 is 18.0 Å². The van der Waals surface area contributed by atoms with Crippen molar-refractivity contribution in [1.82, 2.24) is 10.2 Å². The standard InChI is InChI=1S/C12H22N2O4S/c1-4-9(2)11(15)13-10(3)12(16)14-5-7-19(17,18)8-6-14/h9-10H,4-8H2,1-3H3,(H,13,15). The van der Waals surface area contributed by atoms with E-state index >= 15 is 0 Å². The van der Waals surface area contributed by atoms with Crippen LogP contribution >= 0.6 is 0 Å². The van der Waals surface area contributed by atoms with Crippen molar-refractivity contribution in [3.8, 4) is 0 Å². The molecule has 0 radical (unpaired) electrons. The fraction of sp³-hybridized carbons (Fsp3) is 0.833. The molecule has 0 aromatic heterocycles. The van der Waals surface area contributed by atoms with Crippen molar-refractivity contribution in [2.45, 2.75) is 33.2 Å². The molecule has 1 heterocycles. The van der Waals surface area contributed by atoms with Crippen LogP contribution in [0.5, 0.6) is 0 Å². The number of amides is 2. The Hall–Kier alpha value is -1.11. The molecule has 0 bridgehead atoms. The molecule has 2 atom stereocenters. The molecule has 0 aliphatic carbocycles. The first-order valence-corrected chi connectivity index (χ1v) is 8.38. The third-order valence-electron chi connectivity index (χ3n) is 3.45. The van der Waals surface area contributed by atoms with E-state index in [4.69, 9.17) is 0 Å². The lowest BCUT2D eigenvalue weighted by Crippen LogP contribution is -2.52. The second-order valence-electron chi connectivity index (χ2n) is 5.02. The average Bonchev–Trinajstić information content (AvgIpc) is 2.36. The van der Waals surface area contributed by atoms with Gasteiger partial charge in [0.1, 0.15) is 6.04 Å². The van der Waals surface area contributed by atoms with Gasteiger partial charge in [0.25, 0.3) is 0 Å². The Morgan fingerprint density at radius 3 is 2.21 bits per heavy atom. The zero-order valence-corrected chi connectivity index (χ0v) is 12.5. The molecule has 2 amide bonds. The zero-order chi connectivity index (χ0) is 14.6. The van der Waals surface area contributed by atoms with Crippen LogP contribution in [0.15, 0.2) is 0 Å². The second-order valence-corrected chi connectivity index (χ2v) is 7.32. The van der Waals surface area contributed by atoms with Gasteiger partial charge < -0.3 is 10.2 Å². The van der Waals surface area contributed by atoms with E-state index in [1.807, 2.05) is 6.92 Å².